The van der Waals surface area contributed by atoms with E-state index in [1.165, 1.54) is 4.31 Å². The molecular formula is C19H21BrN2O3S. The summed E-state index contributed by atoms with van der Waals surface area (Å²) in [6.07, 6.45) is 2.10. The van der Waals surface area contributed by atoms with Gasteiger partial charge in [-0.25, -0.2) is 8.42 Å². The maximum atomic E-state index is 13.1. The third-order valence-corrected chi connectivity index (χ3v) is 7.13. The summed E-state index contributed by atoms with van der Waals surface area (Å²) in [5.41, 5.74) is 1.63. The number of benzene rings is 2. The molecule has 1 fully saturated rings. The van der Waals surface area contributed by atoms with Crippen molar-refractivity contribution < 1.29 is 13.2 Å². The molecule has 7 heteroatoms. The molecule has 1 N–H and O–H groups in total. The van der Waals surface area contributed by atoms with Crippen LogP contribution in [0.3, 0.4) is 0 Å². The van der Waals surface area contributed by atoms with Gasteiger partial charge in [-0.05, 0) is 60.0 Å². The van der Waals surface area contributed by atoms with E-state index >= 15 is 0 Å². The Labute approximate surface area is 162 Å². The number of piperidine rings is 1. The maximum absolute atomic E-state index is 13.1. The highest BCUT2D eigenvalue weighted by atomic mass is 79.9. The van der Waals surface area contributed by atoms with Crippen molar-refractivity contribution in [1.82, 2.24) is 4.31 Å². The van der Waals surface area contributed by atoms with E-state index < -0.39 is 16.1 Å². The molecule has 5 nitrogen and oxygen atoms in total. The van der Waals surface area contributed by atoms with Crippen LogP contribution in [0, 0.1) is 6.92 Å². The topological polar surface area (TPSA) is 66.5 Å². The molecule has 1 saturated heterocycles. The number of halogens is 1. The number of nitrogens with zero attached hydrogens (tertiary/aromatic N) is 1. The van der Waals surface area contributed by atoms with Crippen molar-refractivity contribution >= 4 is 37.5 Å². The minimum absolute atomic E-state index is 0.226. The van der Waals surface area contributed by atoms with Crippen LogP contribution in [0.1, 0.15) is 24.8 Å². The zero-order chi connectivity index (χ0) is 18.7. The molecule has 26 heavy (non-hydrogen) atoms. The van der Waals surface area contributed by atoms with E-state index in [9.17, 15) is 13.2 Å². The zero-order valence-electron chi connectivity index (χ0n) is 14.5. The second-order valence-corrected chi connectivity index (χ2v) is 9.15. The summed E-state index contributed by atoms with van der Waals surface area (Å²) < 4.78 is 28.2. The summed E-state index contributed by atoms with van der Waals surface area (Å²) in [7, 11) is -3.71. The number of nitrogens with one attached hydrogen (secondary N) is 1. The minimum Gasteiger partial charge on any atom is -0.324 e. The van der Waals surface area contributed by atoms with Crippen molar-refractivity contribution in [2.24, 2.45) is 0 Å². The summed E-state index contributed by atoms with van der Waals surface area (Å²) in [5.74, 6) is -0.299. The molecule has 1 aliphatic rings. The molecule has 0 saturated carbocycles. The standard InChI is InChI=1S/C19H21BrN2O3S/c1-14-9-11-15(12-10-14)26(24,25)22-13-5-4-8-18(22)19(23)21-17-7-3-2-6-16(17)20/h2-3,6-7,9-12,18H,4-5,8,13H2,1H3,(H,21,23). The Hall–Kier alpha value is -1.70. The number of anilines is 1. The van der Waals surface area contributed by atoms with Gasteiger partial charge in [0, 0.05) is 11.0 Å². The SMILES string of the molecule is Cc1ccc(S(=O)(=O)N2CCCCC2C(=O)Nc2ccccc2Br)cc1. The van der Waals surface area contributed by atoms with Crippen LogP contribution in [0.4, 0.5) is 5.69 Å². The fourth-order valence-electron chi connectivity index (χ4n) is 3.08. The Morgan fingerprint density at radius 1 is 1.12 bits per heavy atom. The highest BCUT2D eigenvalue weighted by Gasteiger charge is 2.37. The Bertz CT molecular complexity index is 897. The highest BCUT2D eigenvalue weighted by Crippen LogP contribution is 2.28. The van der Waals surface area contributed by atoms with Crippen molar-refractivity contribution in [3.05, 3.63) is 58.6 Å². The molecule has 0 aromatic heterocycles. The second kappa shape index (κ2) is 7.90. The van der Waals surface area contributed by atoms with E-state index in [0.29, 0.717) is 18.7 Å². The van der Waals surface area contributed by atoms with Gasteiger partial charge in [0.2, 0.25) is 15.9 Å². The minimum atomic E-state index is -3.71. The largest absolute Gasteiger partial charge is 0.324 e. The summed E-state index contributed by atoms with van der Waals surface area (Å²) in [5, 5.41) is 2.85. The van der Waals surface area contributed by atoms with E-state index in [2.05, 4.69) is 21.2 Å². The first-order valence-corrected chi connectivity index (χ1v) is 10.8. The van der Waals surface area contributed by atoms with Gasteiger partial charge in [0.05, 0.1) is 10.6 Å². The quantitative estimate of drug-likeness (QED) is 0.788. The van der Waals surface area contributed by atoms with Gasteiger partial charge >= 0.3 is 0 Å². The van der Waals surface area contributed by atoms with Crippen LogP contribution in [0.2, 0.25) is 0 Å². The Kier molecular flexibility index (Phi) is 5.79. The average Bonchev–Trinajstić information content (AvgIpc) is 2.64. The normalized spacial score (nSPS) is 18.5. The lowest BCUT2D eigenvalue weighted by Crippen LogP contribution is -2.49. The lowest BCUT2D eigenvalue weighted by Gasteiger charge is -2.33. The van der Waals surface area contributed by atoms with Crippen LogP contribution in [0.15, 0.2) is 57.9 Å². The van der Waals surface area contributed by atoms with Crippen molar-refractivity contribution in [3.8, 4) is 0 Å². The molecule has 1 heterocycles. The highest BCUT2D eigenvalue weighted by molar-refractivity contribution is 9.10. The number of carbonyl (C=O) groups excluding carboxylic acids is 1. The molecule has 0 bridgehead atoms. The maximum Gasteiger partial charge on any atom is 0.243 e. The summed E-state index contributed by atoms with van der Waals surface area (Å²) >= 11 is 3.40. The van der Waals surface area contributed by atoms with E-state index in [0.717, 1.165) is 22.9 Å². The number of rotatable bonds is 4. The average molecular weight is 437 g/mol. The molecule has 1 unspecified atom stereocenters. The van der Waals surface area contributed by atoms with Gasteiger partial charge in [-0.15, -0.1) is 0 Å². The van der Waals surface area contributed by atoms with Crippen LogP contribution < -0.4 is 5.32 Å². The number of aryl methyl sites for hydroxylation is 1. The molecule has 138 valence electrons. The van der Waals surface area contributed by atoms with E-state index in [-0.39, 0.29) is 10.8 Å². The zero-order valence-corrected chi connectivity index (χ0v) is 16.9. The van der Waals surface area contributed by atoms with E-state index in [1.54, 1.807) is 30.3 Å². The van der Waals surface area contributed by atoms with Crippen LogP contribution in [0.25, 0.3) is 0 Å². The first kappa shape index (κ1) is 19.1. The smallest absolute Gasteiger partial charge is 0.243 e. The molecule has 2 aromatic carbocycles. The summed E-state index contributed by atoms with van der Waals surface area (Å²) in [6, 6.07) is 13.3. The molecular weight excluding hydrogens is 416 g/mol. The number of para-hydroxylation sites is 1. The first-order valence-electron chi connectivity index (χ1n) is 8.53. The second-order valence-electron chi connectivity index (χ2n) is 6.41. The van der Waals surface area contributed by atoms with Crippen LogP contribution >= 0.6 is 15.9 Å². The molecule has 0 spiro atoms. The fourth-order valence-corrected chi connectivity index (χ4v) is 5.12. The van der Waals surface area contributed by atoms with E-state index in [4.69, 9.17) is 0 Å². The molecule has 1 aliphatic heterocycles. The van der Waals surface area contributed by atoms with E-state index in [1.807, 2.05) is 25.1 Å². The third kappa shape index (κ3) is 4.00. The number of sulfonamides is 1. The molecule has 2 aromatic rings. The van der Waals surface area contributed by atoms with Crippen molar-refractivity contribution in [1.29, 1.82) is 0 Å². The lowest BCUT2D eigenvalue weighted by molar-refractivity contribution is -0.120. The molecule has 1 amide bonds. The Morgan fingerprint density at radius 3 is 2.50 bits per heavy atom. The van der Waals surface area contributed by atoms with Crippen molar-refractivity contribution in [3.63, 3.8) is 0 Å². The van der Waals surface area contributed by atoms with Gasteiger partial charge < -0.3 is 5.32 Å². The predicted molar refractivity (Wildman–Crippen MR) is 105 cm³/mol. The summed E-state index contributed by atoms with van der Waals surface area (Å²) in [4.78, 5) is 13.0. The monoisotopic (exact) mass is 436 g/mol. The van der Waals surface area contributed by atoms with Gasteiger partial charge in [-0.2, -0.15) is 4.31 Å². The fraction of sp³-hybridized carbons (Fsp3) is 0.316. The van der Waals surface area contributed by atoms with Crippen LogP contribution in [-0.2, 0) is 14.8 Å². The summed E-state index contributed by atoms with van der Waals surface area (Å²) in [6.45, 7) is 2.26. The van der Waals surface area contributed by atoms with Gasteiger partial charge in [0.1, 0.15) is 6.04 Å². The lowest BCUT2D eigenvalue weighted by atomic mass is 10.0. The van der Waals surface area contributed by atoms with Crippen LogP contribution in [-0.4, -0.2) is 31.2 Å². The van der Waals surface area contributed by atoms with Gasteiger partial charge in [0.15, 0.2) is 0 Å². The van der Waals surface area contributed by atoms with Crippen molar-refractivity contribution in [2.75, 3.05) is 11.9 Å². The van der Waals surface area contributed by atoms with Gasteiger partial charge in [0.25, 0.3) is 0 Å². The number of hydrogen-bond acceptors (Lipinski definition) is 3. The third-order valence-electron chi connectivity index (χ3n) is 4.52. The van der Waals surface area contributed by atoms with Gasteiger partial charge in [-0.1, -0.05) is 36.2 Å². The number of amides is 1. The van der Waals surface area contributed by atoms with Crippen LogP contribution in [0.5, 0.6) is 0 Å². The molecule has 0 aliphatic carbocycles. The van der Waals surface area contributed by atoms with Gasteiger partial charge in [-0.3, -0.25) is 4.79 Å². The molecule has 1 atom stereocenters. The first-order chi connectivity index (χ1) is 12.4. The predicted octanol–water partition coefficient (Wildman–Crippen LogP) is 3.94. The Balaban J connectivity index is 1.86. The van der Waals surface area contributed by atoms with Crippen molar-refractivity contribution in [2.45, 2.75) is 37.1 Å². The number of carbonyl (C=O) groups is 1. The number of hydrogen-bond donors (Lipinski definition) is 1. The molecule has 3 rings (SSSR count). The Morgan fingerprint density at radius 2 is 1.81 bits per heavy atom. The molecule has 0 radical (unpaired) electrons.